The number of ether oxygens (including phenoxy) is 3. The van der Waals surface area contributed by atoms with Crippen molar-refractivity contribution in [1.29, 1.82) is 0 Å². The van der Waals surface area contributed by atoms with E-state index < -0.39 is 0 Å². The van der Waals surface area contributed by atoms with Gasteiger partial charge in [-0.25, -0.2) is 0 Å². The predicted octanol–water partition coefficient (Wildman–Crippen LogP) is 3.40. The van der Waals surface area contributed by atoms with E-state index in [2.05, 4.69) is 13.5 Å². The third kappa shape index (κ3) is 5.55. The van der Waals surface area contributed by atoms with Gasteiger partial charge in [-0.1, -0.05) is 43.3 Å². The van der Waals surface area contributed by atoms with Crippen LogP contribution in [-0.4, -0.2) is 26.1 Å². The molecule has 0 bridgehead atoms. The van der Waals surface area contributed by atoms with Gasteiger partial charge in [-0.05, 0) is 12.5 Å². The van der Waals surface area contributed by atoms with Crippen LogP contribution in [0.1, 0.15) is 19.4 Å². The lowest BCUT2D eigenvalue weighted by molar-refractivity contribution is -0.135. The molecule has 3 nitrogen and oxygen atoms in total. The second-order valence-electron chi connectivity index (χ2n) is 4.62. The van der Waals surface area contributed by atoms with E-state index in [-0.39, 0.29) is 24.9 Å². The summed E-state index contributed by atoms with van der Waals surface area (Å²) < 4.78 is 16.6. The van der Waals surface area contributed by atoms with Gasteiger partial charge < -0.3 is 14.2 Å². The summed E-state index contributed by atoms with van der Waals surface area (Å²) in [5.41, 5.74) is 1.14. The van der Waals surface area contributed by atoms with Gasteiger partial charge in [0.1, 0.15) is 6.79 Å². The summed E-state index contributed by atoms with van der Waals surface area (Å²) in [6.07, 6.45) is 1.84. The molecule has 1 aromatic rings. The fourth-order valence-corrected chi connectivity index (χ4v) is 1.95. The highest BCUT2D eigenvalue weighted by molar-refractivity contribution is 5.13. The Morgan fingerprint density at radius 2 is 1.89 bits per heavy atom. The second-order valence-corrected chi connectivity index (χ2v) is 4.62. The Morgan fingerprint density at radius 3 is 2.47 bits per heavy atom. The summed E-state index contributed by atoms with van der Waals surface area (Å²) in [4.78, 5) is 0. The summed E-state index contributed by atoms with van der Waals surface area (Å²) in [5.74, 6) is 0.245. The molecule has 0 radical (unpaired) electrons. The van der Waals surface area contributed by atoms with Crippen LogP contribution in [0.25, 0.3) is 0 Å². The number of hydrogen-bond donors (Lipinski definition) is 0. The lowest BCUT2D eigenvalue weighted by Crippen LogP contribution is -2.33. The van der Waals surface area contributed by atoms with E-state index in [0.29, 0.717) is 6.61 Å². The van der Waals surface area contributed by atoms with E-state index >= 15 is 0 Å². The van der Waals surface area contributed by atoms with Crippen LogP contribution < -0.4 is 0 Å². The van der Waals surface area contributed by atoms with Crippen molar-refractivity contribution in [2.24, 2.45) is 5.92 Å². The van der Waals surface area contributed by atoms with Crippen molar-refractivity contribution < 1.29 is 14.2 Å². The third-order valence-electron chi connectivity index (χ3n) is 3.15. The molecule has 3 atom stereocenters. The van der Waals surface area contributed by atoms with Gasteiger partial charge in [0.15, 0.2) is 0 Å². The van der Waals surface area contributed by atoms with Crippen LogP contribution in [0.5, 0.6) is 0 Å². The molecule has 19 heavy (non-hydrogen) atoms. The molecule has 106 valence electrons. The summed E-state index contributed by atoms with van der Waals surface area (Å²) in [7, 11) is 1.69. The molecular formula is C16H24O3. The summed E-state index contributed by atoms with van der Waals surface area (Å²) in [6, 6.07) is 10.0. The minimum Gasteiger partial charge on any atom is -0.378 e. The van der Waals surface area contributed by atoms with Crippen LogP contribution in [0.4, 0.5) is 0 Å². The SMILES string of the molecule is C=C[C@H](C)[C@@H](OC)[C@@H](C)OCOCc1ccccc1. The van der Waals surface area contributed by atoms with Crippen molar-refractivity contribution in [3.8, 4) is 0 Å². The lowest BCUT2D eigenvalue weighted by Gasteiger charge is -2.26. The molecule has 0 aliphatic heterocycles. The van der Waals surface area contributed by atoms with Gasteiger partial charge in [0.2, 0.25) is 0 Å². The van der Waals surface area contributed by atoms with Crippen LogP contribution in [0, 0.1) is 5.92 Å². The molecular weight excluding hydrogens is 240 g/mol. The Labute approximate surface area is 116 Å². The van der Waals surface area contributed by atoms with Crippen molar-refractivity contribution in [3.05, 3.63) is 48.6 Å². The Morgan fingerprint density at radius 1 is 1.21 bits per heavy atom. The Hall–Kier alpha value is -1.16. The summed E-state index contributed by atoms with van der Waals surface area (Å²) in [6.45, 7) is 8.65. The fourth-order valence-electron chi connectivity index (χ4n) is 1.95. The van der Waals surface area contributed by atoms with E-state index in [1.54, 1.807) is 7.11 Å². The minimum atomic E-state index is -0.0335. The number of rotatable bonds is 9. The molecule has 0 N–H and O–H groups in total. The van der Waals surface area contributed by atoms with Crippen molar-refractivity contribution >= 4 is 0 Å². The van der Waals surface area contributed by atoms with Crippen molar-refractivity contribution in [2.45, 2.75) is 32.7 Å². The average molecular weight is 264 g/mol. The smallest absolute Gasteiger partial charge is 0.147 e. The highest BCUT2D eigenvalue weighted by Gasteiger charge is 2.21. The Bertz CT molecular complexity index is 350. The standard InChI is InChI=1S/C16H24O3/c1-5-13(2)16(17-4)14(3)19-12-18-11-15-9-7-6-8-10-15/h5-10,13-14,16H,1,11-12H2,2-4H3/t13-,14+,16+/m0/s1. The number of methoxy groups -OCH3 is 1. The van der Waals surface area contributed by atoms with Crippen molar-refractivity contribution in [1.82, 2.24) is 0 Å². The number of benzene rings is 1. The maximum Gasteiger partial charge on any atom is 0.147 e. The topological polar surface area (TPSA) is 27.7 Å². The highest BCUT2D eigenvalue weighted by Crippen LogP contribution is 2.14. The molecule has 0 saturated carbocycles. The molecule has 0 fully saturated rings. The molecule has 0 aromatic heterocycles. The maximum absolute atomic E-state index is 5.64. The molecule has 0 amide bonds. The zero-order valence-electron chi connectivity index (χ0n) is 12.0. The molecule has 0 heterocycles. The fraction of sp³-hybridized carbons (Fsp3) is 0.500. The first-order valence-electron chi connectivity index (χ1n) is 6.57. The van der Waals surface area contributed by atoms with E-state index in [0.717, 1.165) is 5.56 Å². The minimum absolute atomic E-state index is 0.00201. The van der Waals surface area contributed by atoms with Gasteiger partial charge in [-0.15, -0.1) is 6.58 Å². The Kier molecular flexibility index (Phi) is 7.41. The maximum atomic E-state index is 5.64. The van der Waals surface area contributed by atoms with Crippen molar-refractivity contribution in [2.75, 3.05) is 13.9 Å². The van der Waals surface area contributed by atoms with Crippen LogP contribution in [-0.2, 0) is 20.8 Å². The number of hydrogen-bond acceptors (Lipinski definition) is 3. The predicted molar refractivity (Wildman–Crippen MR) is 76.8 cm³/mol. The first-order valence-corrected chi connectivity index (χ1v) is 6.57. The molecule has 0 aliphatic rings. The van der Waals surface area contributed by atoms with E-state index in [1.165, 1.54) is 0 Å². The van der Waals surface area contributed by atoms with E-state index in [1.807, 2.05) is 43.3 Å². The van der Waals surface area contributed by atoms with Gasteiger partial charge >= 0.3 is 0 Å². The Balaban J connectivity index is 2.26. The molecule has 1 rings (SSSR count). The zero-order chi connectivity index (χ0) is 14.1. The average Bonchev–Trinajstić information content (AvgIpc) is 2.45. The first kappa shape index (κ1) is 15.9. The molecule has 0 unspecified atom stereocenters. The van der Waals surface area contributed by atoms with Crippen LogP contribution in [0.2, 0.25) is 0 Å². The third-order valence-corrected chi connectivity index (χ3v) is 3.15. The molecule has 1 aromatic carbocycles. The van der Waals surface area contributed by atoms with E-state index in [4.69, 9.17) is 14.2 Å². The quantitative estimate of drug-likeness (QED) is 0.389. The largest absolute Gasteiger partial charge is 0.378 e. The van der Waals surface area contributed by atoms with Gasteiger partial charge in [0, 0.05) is 13.0 Å². The summed E-state index contributed by atoms with van der Waals surface area (Å²) in [5, 5.41) is 0. The second kappa shape index (κ2) is 8.86. The van der Waals surface area contributed by atoms with Crippen LogP contribution in [0.15, 0.2) is 43.0 Å². The lowest BCUT2D eigenvalue weighted by atomic mass is 10.0. The van der Waals surface area contributed by atoms with Gasteiger partial charge in [0.25, 0.3) is 0 Å². The zero-order valence-corrected chi connectivity index (χ0v) is 12.0. The highest BCUT2D eigenvalue weighted by atomic mass is 16.7. The van der Waals surface area contributed by atoms with Gasteiger partial charge in [0.05, 0.1) is 18.8 Å². The first-order chi connectivity index (χ1) is 9.19. The van der Waals surface area contributed by atoms with Gasteiger partial charge in [-0.2, -0.15) is 0 Å². The molecule has 0 spiro atoms. The monoisotopic (exact) mass is 264 g/mol. The summed E-state index contributed by atoms with van der Waals surface area (Å²) >= 11 is 0. The van der Waals surface area contributed by atoms with E-state index in [9.17, 15) is 0 Å². The normalized spacial score (nSPS) is 15.7. The van der Waals surface area contributed by atoms with Crippen molar-refractivity contribution in [3.63, 3.8) is 0 Å². The van der Waals surface area contributed by atoms with Crippen LogP contribution in [0.3, 0.4) is 0 Å². The molecule has 3 heteroatoms. The van der Waals surface area contributed by atoms with Crippen LogP contribution >= 0.6 is 0 Å². The molecule has 0 aliphatic carbocycles. The van der Waals surface area contributed by atoms with Gasteiger partial charge in [-0.3, -0.25) is 0 Å². The molecule has 0 saturated heterocycles.